The largest absolute Gasteiger partial charge is 0.484 e. The Morgan fingerprint density at radius 3 is 2.77 bits per heavy atom. The molecule has 2 amide bonds. The van der Waals surface area contributed by atoms with Gasteiger partial charge in [0.1, 0.15) is 11.5 Å². The monoisotopic (exact) mass is 421 g/mol. The summed E-state index contributed by atoms with van der Waals surface area (Å²) in [7, 11) is 0. The summed E-state index contributed by atoms with van der Waals surface area (Å²) in [5.74, 6) is 0.653. The maximum absolute atomic E-state index is 11.8. The van der Waals surface area contributed by atoms with Gasteiger partial charge in [0.25, 0.3) is 5.91 Å². The van der Waals surface area contributed by atoms with Crippen LogP contribution in [0, 0.1) is 6.92 Å². The normalized spacial score (nSPS) is 11.1. The average Bonchev–Trinajstić information content (AvgIpc) is 3.13. The van der Waals surface area contributed by atoms with Gasteiger partial charge in [0.2, 0.25) is 5.91 Å². The smallest absolute Gasteiger partial charge is 0.277 e. The molecule has 0 aliphatic rings. The van der Waals surface area contributed by atoms with Gasteiger partial charge in [-0.25, -0.2) is 5.43 Å². The number of hydrogen-bond donors (Lipinski definition) is 2. The Bertz CT molecular complexity index is 788. The Morgan fingerprint density at radius 1 is 1.27 bits per heavy atom. The predicted octanol–water partition coefficient (Wildman–Crippen LogP) is 2.93. The first-order chi connectivity index (χ1) is 12.4. The second-order valence-electron chi connectivity index (χ2n) is 5.61. The van der Waals surface area contributed by atoms with E-state index in [-0.39, 0.29) is 18.9 Å². The third-order valence-electron chi connectivity index (χ3n) is 3.33. The number of halogens is 1. The van der Waals surface area contributed by atoms with E-state index in [4.69, 9.17) is 9.15 Å². The van der Waals surface area contributed by atoms with Gasteiger partial charge in [0.15, 0.2) is 6.61 Å². The van der Waals surface area contributed by atoms with Crippen LogP contribution < -0.4 is 15.5 Å². The number of ether oxygens (including phenoxy) is 1. The summed E-state index contributed by atoms with van der Waals surface area (Å²) in [6.45, 7) is 3.74. The standard InChI is InChI=1S/C18H20BrN3O4/c1-12-8-14(5-6-16(12)19)26-11-18(24)22-21-13(2)9-17(23)20-10-15-4-3-7-25-15/h3-8H,9-11H2,1-2H3,(H,20,23)(H,22,24)/b21-13+. The molecular formula is C18H20BrN3O4. The summed E-state index contributed by atoms with van der Waals surface area (Å²) in [4.78, 5) is 23.6. The van der Waals surface area contributed by atoms with Crippen LogP contribution in [0.3, 0.4) is 0 Å². The molecule has 1 aromatic carbocycles. The minimum absolute atomic E-state index is 0.0771. The molecule has 0 aliphatic heterocycles. The van der Waals surface area contributed by atoms with Gasteiger partial charge in [-0.3, -0.25) is 9.59 Å². The summed E-state index contributed by atoms with van der Waals surface area (Å²) < 4.78 is 11.5. The highest BCUT2D eigenvalue weighted by Gasteiger charge is 2.07. The zero-order valence-electron chi connectivity index (χ0n) is 14.5. The Morgan fingerprint density at radius 2 is 2.08 bits per heavy atom. The van der Waals surface area contributed by atoms with Crippen molar-refractivity contribution in [2.24, 2.45) is 5.10 Å². The van der Waals surface area contributed by atoms with Gasteiger partial charge in [-0.2, -0.15) is 5.10 Å². The highest BCUT2D eigenvalue weighted by atomic mass is 79.9. The van der Waals surface area contributed by atoms with E-state index in [1.165, 1.54) is 0 Å². The topological polar surface area (TPSA) is 92.9 Å². The Hall–Kier alpha value is -2.61. The maximum atomic E-state index is 11.8. The second kappa shape index (κ2) is 9.76. The molecule has 0 radical (unpaired) electrons. The highest BCUT2D eigenvalue weighted by molar-refractivity contribution is 9.10. The molecule has 0 unspecified atom stereocenters. The van der Waals surface area contributed by atoms with E-state index in [2.05, 4.69) is 31.8 Å². The first-order valence-corrected chi connectivity index (χ1v) is 8.73. The number of carbonyl (C=O) groups is 2. The molecule has 0 fully saturated rings. The van der Waals surface area contributed by atoms with Crippen LogP contribution in [0.25, 0.3) is 0 Å². The van der Waals surface area contributed by atoms with E-state index < -0.39 is 5.91 Å². The lowest BCUT2D eigenvalue weighted by atomic mass is 10.2. The number of benzene rings is 1. The molecule has 1 aromatic heterocycles. The number of aryl methyl sites for hydroxylation is 1. The summed E-state index contributed by atoms with van der Waals surface area (Å²) >= 11 is 3.40. The minimum Gasteiger partial charge on any atom is -0.484 e. The molecule has 138 valence electrons. The van der Waals surface area contributed by atoms with Gasteiger partial charge in [-0.15, -0.1) is 0 Å². The fraction of sp³-hybridized carbons (Fsp3) is 0.278. The van der Waals surface area contributed by atoms with Crippen molar-refractivity contribution in [3.63, 3.8) is 0 Å². The number of hydrazone groups is 1. The molecule has 2 N–H and O–H groups in total. The zero-order chi connectivity index (χ0) is 18.9. The van der Waals surface area contributed by atoms with Crippen molar-refractivity contribution < 1.29 is 18.7 Å². The van der Waals surface area contributed by atoms with Crippen LogP contribution in [0.2, 0.25) is 0 Å². The molecule has 8 heteroatoms. The number of rotatable bonds is 8. The summed E-state index contributed by atoms with van der Waals surface area (Å²) in [5.41, 5.74) is 3.86. The third-order valence-corrected chi connectivity index (χ3v) is 4.22. The molecular weight excluding hydrogens is 402 g/mol. The van der Waals surface area contributed by atoms with E-state index in [1.54, 1.807) is 31.4 Å². The van der Waals surface area contributed by atoms with Gasteiger partial charge in [0, 0.05) is 10.2 Å². The first-order valence-electron chi connectivity index (χ1n) is 7.94. The van der Waals surface area contributed by atoms with E-state index >= 15 is 0 Å². The van der Waals surface area contributed by atoms with Crippen LogP contribution in [0.5, 0.6) is 5.75 Å². The average molecular weight is 422 g/mol. The molecule has 2 aromatic rings. The van der Waals surface area contributed by atoms with Gasteiger partial charge in [0.05, 0.1) is 19.2 Å². The molecule has 2 rings (SSSR count). The zero-order valence-corrected chi connectivity index (χ0v) is 16.1. The molecule has 0 spiro atoms. The molecule has 0 saturated carbocycles. The van der Waals surface area contributed by atoms with Gasteiger partial charge < -0.3 is 14.5 Å². The van der Waals surface area contributed by atoms with Crippen molar-refractivity contribution in [2.75, 3.05) is 6.61 Å². The quantitative estimate of drug-likeness (QED) is 0.506. The Balaban J connectivity index is 1.70. The van der Waals surface area contributed by atoms with E-state index in [0.717, 1.165) is 10.0 Å². The van der Waals surface area contributed by atoms with Crippen LogP contribution in [0.1, 0.15) is 24.7 Å². The lowest BCUT2D eigenvalue weighted by Crippen LogP contribution is -2.28. The number of hydrogen-bond acceptors (Lipinski definition) is 5. The van der Waals surface area contributed by atoms with Gasteiger partial charge in [-0.1, -0.05) is 15.9 Å². The fourth-order valence-electron chi connectivity index (χ4n) is 1.98. The molecule has 7 nitrogen and oxygen atoms in total. The van der Waals surface area contributed by atoms with Crippen LogP contribution in [0.15, 0.2) is 50.6 Å². The van der Waals surface area contributed by atoms with Crippen molar-refractivity contribution >= 4 is 33.5 Å². The predicted molar refractivity (Wildman–Crippen MR) is 101 cm³/mol. The van der Waals surface area contributed by atoms with Crippen LogP contribution in [0.4, 0.5) is 0 Å². The van der Waals surface area contributed by atoms with Crippen LogP contribution >= 0.6 is 15.9 Å². The van der Waals surface area contributed by atoms with Crippen molar-refractivity contribution in [1.29, 1.82) is 0 Å². The fourth-order valence-corrected chi connectivity index (χ4v) is 2.23. The van der Waals surface area contributed by atoms with Crippen molar-refractivity contribution in [3.05, 3.63) is 52.4 Å². The lowest BCUT2D eigenvalue weighted by Gasteiger charge is -2.07. The second-order valence-corrected chi connectivity index (χ2v) is 6.47. The highest BCUT2D eigenvalue weighted by Crippen LogP contribution is 2.21. The van der Waals surface area contributed by atoms with E-state index in [9.17, 15) is 9.59 Å². The van der Waals surface area contributed by atoms with E-state index in [0.29, 0.717) is 23.8 Å². The number of carbonyl (C=O) groups excluding carboxylic acids is 2. The van der Waals surface area contributed by atoms with E-state index in [1.807, 2.05) is 19.1 Å². The number of amides is 2. The van der Waals surface area contributed by atoms with Gasteiger partial charge in [-0.05, 0) is 49.7 Å². The molecule has 0 bridgehead atoms. The van der Waals surface area contributed by atoms with Crippen molar-refractivity contribution in [1.82, 2.24) is 10.7 Å². The molecule has 0 atom stereocenters. The summed E-state index contributed by atoms with van der Waals surface area (Å²) in [5, 5.41) is 6.60. The van der Waals surface area contributed by atoms with Crippen molar-refractivity contribution in [3.8, 4) is 5.75 Å². The van der Waals surface area contributed by atoms with Crippen LogP contribution in [-0.4, -0.2) is 24.1 Å². The number of nitrogens with zero attached hydrogens (tertiary/aromatic N) is 1. The van der Waals surface area contributed by atoms with Gasteiger partial charge >= 0.3 is 0 Å². The lowest BCUT2D eigenvalue weighted by molar-refractivity contribution is -0.123. The minimum atomic E-state index is -0.402. The Kier molecular flexibility index (Phi) is 7.40. The summed E-state index contributed by atoms with van der Waals surface area (Å²) in [6.07, 6.45) is 1.62. The molecule has 1 heterocycles. The number of nitrogens with one attached hydrogen (secondary N) is 2. The third kappa shape index (κ3) is 6.72. The summed E-state index contributed by atoms with van der Waals surface area (Å²) in [6, 6.07) is 8.97. The molecule has 0 saturated heterocycles. The Labute approximate surface area is 159 Å². The first kappa shape index (κ1) is 19.7. The van der Waals surface area contributed by atoms with Crippen molar-refractivity contribution in [2.45, 2.75) is 26.8 Å². The maximum Gasteiger partial charge on any atom is 0.277 e. The van der Waals surface area contributed by atoms with Crippen LogP contribution in [-0.2, 0) is 16.1 Å². The molecule has 26 heavy (non-hydrogen) atoms. The number of furan rings is 1. The SMILES string of the molecule is C/C(CC(=O)NCc1ccco1)=N\NC(=O)COc1ccc(Br)c(C)c1. The molecule has 0 aliphatic carbocycles.